The Bertz CT molecular complexity index is 402. The molecule has 0 fully saturated rings. The van der Waals surface area contributed by atoms with E-state index in [9.17, 15) is 0 Å². The van der Waals surface area contributed by atoms with Crippen molar-refractivity contribution in [1.29, 1.82) is 0 Å². The molecular formula is C17H27N. The molecular weight excluding hydrogens is 218 g/mol. The van der Waals surface area contributed by atoms with Crippen molar-refractivity contribution in [2.75, 3.05) is 0 Å². The zero-order valence-electron chi connectivity index (χ0n) is 12.4. The van der Waals surface area contributed by atoms with Gasteiger partial charge in [0.05, 0.1) is 0 Å². The fourth-order valence-electron chi connectivity index (χ4n) is 2.45. The average molecular weight is 245 g/mol. The lowest BCUT2D eigenvalue weighted by atomic mass is 9.84. The van der Waals surface area contributed by atoms with Gasteiger partial charge in [-0.2, -0.15) is 0 Å². The molecule has 0 radical (unpaired) electrons. The highest BCUT2D eigenvalue weighted by Gasteiger charge is 2.16. The SMILES string of the molecule is CC/C=C/C(N)c1cccc(C(C)C)c1C(C)C. The minimum atomic E-state index is 0.0149. The summed E-state index contributed by atoms with van der Waals surface area (Å²) in [5, 5.41) is 0. The van der Waals surface area contributed by atoms with E-state index in [4.69, 9.17) is 5.73 Å². The summed E-state index contributed by atoms with van der Waals surface area (Å²) in [6, 6.07) is 6.56. The summed E-state index contributed by atoms with van der Waals surface area (Å²) in [5.74, 6) is 1.06. The van der Waals surface area contributed by atoms with Crippen molar-refractivity contribution in [3.8, 4) is 0 Å². The third-order valence-corrected chi connectivity index (χ3v) is 3.31. The van der Waals surface area contributed by atoms with Crippen LogP contribution in [0.2, 0.25) is 0 Å². The molecule has 1 nitrogen and oxygen atoms in total. The van der Waals surface area contributed by atoms with Crippen LogP contribution in [0.15, 0.2) is 30.4 Å². The van der Waals surface area contributed by atoms with Crippen LogP contribution >= 0.6 is 0 Å². The van der Waals surface area contributed by atoms with Crippen molar-refractivity contribution in [2.24, 2.45) is 5.73 Å². The second-order valence-corrected chi connectivity index (χ2v) is 5.52. The summed E-state index contributed by atoms with van der Waals surface area (Å²) >= 11 is 0. The molecule has 2 N–H and O–H groups in total. The molecule has 1 rings (SSSR count). The molecule has 0 aromatic heterocycles. The first-order valence-corrected chi connectivity index (χ1v) is 7.03. The Morgan fingerprint density at radius 1 is 1.06 bits per heavy atom. The summed E-state index contributed by atoms with van der Waals surface area (Å²) in [6.45, 7) is 11.1. The summed E-state index contributed by atoms with van der Waals surface area (Å²) in [6.07, 6.45) is 5.30. The van der Waals surface area contributed by atoms with E-state index in [0.29, 0.717) is 11.8 Å². The molecule has 0 bridgehead atoms. The third-order valence-electron chi connectivity index (χ3n) is 3.31. The molecule has 0 heterocycles. The van der Waals surface area contributed by atoms with Crippen LogP contribution in [-0.4, -0.2) is 0 Å². The predicted octanol–water partition coefficient (Wildman–Crippen LogP) is 4.90. The second-order valence-electron chi connectivity index (χ2n) is 5.52. The van der Waals surface area contributed by atoms with Gasteiger partial charge < -0.3 is 5.73 Å². The van der Waals surface area contributed by atoms with Gasteiger partial charge in [0.15, 0.2) is 0 Å². The predicted molar refractivity (Wildman–Crippen MR) is 81.0 cm³/mol. The van der Waals surface area contributed by atoms with E-state index in [1.54, 1.807) is 0 Å². The van der Waals surface area contributed by atoms with Crippen molar-refractivity contribution in [3.05, 3.63) is 47.0 Å². The van der Waals surface area contributed by atoms with Gasteiger partial charge in [-0.1, -0.05) is 65.0 Å². The maximum atomic E-state index is 6.30. The second kappa shape index (κ2) is 6.75. The first kappa shape index (κ1) is 15.0. The van der Waals surface area contributed by atoms with E-state index < -0.39 is 0 Å². The normalized spacial score (nSPS) is 13.8. The number of allylic oxidation sites excluding steroid dienone is 1. The monoisotopic (exact) mass is 245 g/mol. The van der Waals surface area contributed by atoms with E-state index >= 15 is 0 Å². The van der Waals surface area contributed by atoms with Crippen LogP contribution in [0.1, 0.15) is 75.6 Å². The molecule has 0 aliphatic rings. The number of hydrogen-bond acceptors (Lipinski definition) is 1. The van der Waals surface area contributed by atoms with Gasteiger partial charge in [0.1, 0.15) is 0 Å². The first-order valence-electron chi connectivity index (χ1n) is 7.03. The Hall–Kier alpha value is -1.08. The van der Waals surface area contributed by atoms with Crippen molar-refractivity contribution >= 4 is 0 Å². The van der Waals surface area contributed by atoms with Gasteiger partial charge in [-0.25, -0.2) is 0 Å². The number of nitrogens with two attached hydrogens (primary N) is 1. The van der Waals surface area contributed by atoms with Gasteiger partial charge in [0.25, 0.3) is 0 Å². The summed E-state index contributed by atoms with van der Waals surface area (Å²) in [5.41, 5.74) is 10.4. The van der Waals surface area contributed by atoms with Crippen LogP contribution < -0.4 is 5.73 Å². The molecule has 1 heteroatoms. The third kappa shape index (κ3) is 3.46. The van der Waals surface area contributed by atoms with Gasteiger partial charge in [-0.3, -0.25) is 0 Å². The standard InChI is InChI=1S/C17H27N/c1-6-7-11-16(18)15-10-8-9-14(12(2)3)17(15)13(4)5/h7-13,16H,6,18H2,1-5H3/b11-7+. The van der Waals surface area contributed by atoms with E-state index in [2.05, 4.69) is 65.0 Å². The van der Waals surface area contributed by atoms with Crippen LogP contribution in [0.25, 0.3) is 0 Å². The van der Waals surface area contributed by atoms with Crippen LogP contribution in [0.3, 0.4) is 0 Å². The molecule has 100 valence electrons. The van der Waals surface area contributed by atoms with E-state index in [-0.39, 0.29) is 6.04 Å². The zero-order chi connectivity index (χ0) is 13.7. The lowest BCUT2D eigenvalue weighted by Crippen LogP contribution is -2.13. The Balaban J connectivity index is 3.26. The van der Waals surface area contributed by atoms with Gasteiger partial charge >= 0.3 is 0 Å². The molecule has 1 atom stereocenters. The van der Waals surface area contributed by atoms with Gasteiger partial charge in [-0.05, 0) is 34.9 Å². The minimum Gasteiger partial charge on any atom is -0.321 e. The maximum Gasteiger partial charge on any atom is 0.0484 e. The fraction of sp³-hybridized carbons (Fsp3) is 0.529. The summed E-state index contributed by atoms with van der Waals surface area (Å²) < 4.78 is 0. The molecule has 0 saturated carbocycles. The molecule has 0 aliphatic carbocycles. The zero-order valence-corrected chi connectivity index (χ0v) is 12.4. The van der Waals surface area contributed by atoms with Crippen LogP contribution in [0, 0.1) is 0 Å². The van der Waals surface area contributed by atoms with Crippen molar-refractivity contribution in [2.45, 2.75) is 58.9 Å². The molecule has 1 unspecified atom stereocenters. The smallest absolute Gasteiger partial charge is 0.0484 e. The average Bonchev–Trinajstić information content (AvgIpc) is 2.34. The van der Waals surface area contributed by atoms with Crippen LogP contribution in [-0.2, 0) is 0 Å². The fourth-order valence-corrected chi connectivity index (χ4v) is 2.45. The van der Waals surface area contributed by atoms with E-state index in [0.717, 1.165) is 6.42 Å². The molecule has 1 aromatic rings. The van der Waals surface area contributed by atoms with Crippen molar-refractivity contribution < 1.29 is 0 Å². The Labute approximate surface area is 112 Å². The number of rotatable bonds is 5. The topological polar surface area (TPSA) is 26.0 Å². The number of hydrogen-bond donors (Lipinski definition) is 1. The molecule has 1 aromatic carbocycles. The Morgan fingerprint density at radius 2 is 1.67 bits per heavy atom. The van der Waals surface area contributed by atoms with Gasteiger partial charge in [-0.15, -0.1) is 0 Å². The van der Waals surface area contributed by atoms with Crippen molar-refractivity contribution in [3.63, 3.8) is 0 Å². The molecule has 0 amide bonds. The van der Waals surface area contributed by atoms with Gasteiger partial charge in [0, 0.05) is 6.04 Å². The van der Waals surface area contributed by atoms with Crippen molar-refractivity contribution in [1.82, 2.24) is 0 Å². The highest BCUT2D eigenvalue weighted by molar-refractivity contribution is 5.42. The largest absolute Gasteiger partial charge is 0.321 e. The molecule has 0 spiro atoms. The van der Waals surface area contributed by atoms with Crippen LogP contribution in [0.4, 0.5) is 0 Å². The summed E-state index contributed by atoms with van der Waals surface area (Å²) in [7, 11) is 0. The Morgan fingerprint density at radius 3 is 2.17 bits per heavy atom. The first-order chi connectivity index (χ1) is 8.49. The quantitative estimate of drug-likeness (QED) is 0.734. The van der Waals surface area contributed by atoms with E-state index in [1.807, 2.05) is 0 Å². The van der Waals surface area contributed by atoms with E-state index in [1.165, 1.54) is 16.7 Å². The van der Waals surface area contributed by atoms with Crippen LogP contribution in [0.5, 0.6) is 0 Å². The Kier molecular flexibility index (Phi) is 5.61. The molecule has 0 saturated heterocycles. The molecule has 0 aliphatic heterocycles. The lowest BCUT2D eigenvalue weighted by Gasteiger charge is -2.22. The highest BCUT2D eigenvalue weighted by atomic mass is 14.6. The highest BCUT2D eigenvalue weighted by Crippen LogP contribution is 2.32. The number of benzene rings is 1. The maximum absolute atomic E-state index is 6.30. The lowest BCUT2D eigenvalue weighted by molar-refractivity contribution is 0.757. The minimum absolute atomic E-state index is 0.0149. The van der Waals surface area contributed by atoms with Gasteiger partial charge in [0.2, 0.25) is 0 Å². The summed E-state index contributed by atoms with van der Waals surface area (Å²) in [4.78, 5) is 0. The molecule has 18 heavy (non-hydrogen) atoms.